The van der Waals surface area contributed by atoms with Gasteiger partial charge in [0.05, 0.1) is 4.88 Å². The lowest BCUT2D eigenvalue weighted by atomic mass is 9.96. The number of oxime groups is 1. The Morgan fingerprint density at radius 3 is 2.71 bits per heavy atom. The van der Waals surface area contributed by atoms with E-state index >= 15 is 0 Å². The van der Waals surface area contributed by atoms with Crippen molar-refractivity contribution in [3.8, 4) is 0 Å². The molecule has 1 saturated carbocycles. The third-order valence-corrected chi connectivity index (χ3v) is 5.17. The summed E-state index contributed by atoms with van der Waals surface area (Å²) < 4.78 is 1.08. The number of nitrogens with zero attached hydrogens (tertiary/aromatic N) is 1. The molecule has 0 spiro atoms. The minimum atomic E-state index is -0.706. The molecule has 1 aliphatic carbocycles. The fourth-order valence-corrected chi connectivity index (χ4v) is 3.85. The summed E-state index contributed by atoms with van der Waals surface area (Å²) in [6.45, 7) is 0. The van der Waals surface area contributed by atoms with Gasteiger partial charge >= 0.3 is 0 Å². The van der Waals surface area contributed by atoms with Gasteiger partial charge in [-0.15, -0.1) is 11.3 Å². The number of thiophene rings is 1. The SMILES string of the molecule is NC(=NO)C1(NC(=O)c2cc3ccccc3s2)CCCC1. The number of amidine groups is 1. The van der Waals surface area contributed by atoms with Crippen LogP contribution >= 0.6 is 11.3 Å². The average molecular weight is 303 g/mol. The molecule has 0 saturated heterocycles. The van der Waals surface area contributed by atoms with Crippen LogP contribution in [0.1, 0.15) is 35.4 Å². The predicted octanol–water partition coefficient (Wildman–Crippen LogP) is 2.69. The Morgan fingerprint density at radius 1 is 1.33 bits per heavy atom. The molecule has 3 rings (SSSR count). The van der Waals surface area contributed by atoms with E-state index in [0.717, 1.165) is 22.9 Å². The Labute approximate surface area is 126 Å². The monoisotopic (exact) mass is 303 g/mol. The van der Waals surface area contributed by atoms with Gasteiger partial charge in [0.2, 0.25) is 0 Å². The van der Waals surface area contributed by atoms with Crippen LogP contribution in [-0.2, 0) is 0 Å². The van der Waals surface area contributed by atoms with Gasteiger partial charge in [-0.25, -0.2) is 0 Å². The summed E-state index contributed by atoms with van der Waals surface area (Å²) in [6, 6.07) is 9.76. The Bertz CT molecular complexity index is 669. The van der Waals surface area contributed by atoms with Crippen LogP contribution in [0.3, 0.4) is 0 Å². The average Bonchev–Trinajstić information content (AvgIpc) is 3.13. The van der Waals surface area contributed by atoms with Gasteiger partial charge in [-0.1, -0.05) is 36.2 Å². The number of carbonyl (C=O) groups is 1. The molecule has 1 aromatic heterocycles. The first-order chi connectivity index (χ1) is 10.1. The van der Waals surface area contributed by atoms with Crippen LogP contribution in [-0.4, -0.2) is 22.5 Å². The molecule has 4 N–H and O–H groups in total. The second-order valence-corrected chi connectivity index (χ2v) is 6.46. The summed E-state index contributed by atoms with van der Waals surface area (Å²) in [5, 5.41) is 16.1. The van der Waals surface area contributed by atoms with Gasteiger partial charge in [-0.3, -0.25) is 4.79 Å². The van der Waals surface area contributed by atoms with Crippen LogP contribution in [0.2, 0.25) is 0 Å². The van der Waals surface area contributed by atoms with Crippen molar-refractivity contribution < 1.29 is 10.0 Å². The van der Waals surface area contributed by atoms with Gasteiger partial charge < -0.3 is 16.3 Å². The van der Waals surface area contributed by atoms with Gasteiger partial charge in [0, 0.05) is 4.70 Å². The van der Waals surface area contributed by atoms with Crippen molar-refractivity contribution in [2.45, 2.75) is 31.2 Å². The summed E-state index contributed by atoms with van der Waals surface area (Å²) in [4.78, 5) is 13.1. The van der Waals surface area contributed by atoms with E-state index in [-0.39, 0.29) is 11.7 Å². The lowest BCUT2D eigenvalue weighted by Crippen LogP contribution is -2.55. The highest BCUT2D eigenvalue weighted by atomic mass is 32.1. The molecule has 1 heterocycles. The number of benzene rings is 1. The van der Waals surface area contributed by atoms with Crippen molar-refractivity contribution in [1.29, 1.82) is 0 Å². The van der Waals surface area contributed by atoms with Crippen LogP contribution in [0.5, 0.6) is 0 Å². The van der Waals surface area contributed by atoms with Crippen molar-refractivity contribution >= 4 is 33.2 Å². The van der Waals surface area contributed by atoms with E-state index in [4.69, 9.17) is 10.9 Å². The maximum atomic E-state index is 12.5. The Morgan fingerprint density at radius 2 is 2.05 bits per heavy atom. The molecule has 1 amide bonds. The van der Waals surface area contributed by atoms with E-state index in [1.807, 2.05) is 30.3 Å². The van der Waals surface area contributed by atoms with E-state index in [0.29, 0.717) is 17.7 Å². The Balaban J connectivity index is 1.87. The molecule has 0 unspecified atom stereocenters. The first-order valence-corrected chi connectivity index (χ1v) is 7.75. The topological polar surface area (TPSA) is 87.7 Å². The first kappa shape index (κ1) is 13.9. The van der Waals surface area contributed by atoms with Crippen molar-refractivity contribution in [3.05, 3.63) is 35.2 Å². The number of hydrogen-bond acceptors (Lipinski definition) is 4. The minimum Gasteiger partial charge on any atom is -0.409 e. The van der Waals surface area contributed by atoms with Gasteiger partial charge in [0.25, 0.3) is 5.91 Å². The highest BCUT2D eigenvalue weighted by molar-refractivity contribution is 7.20. The molecule has 1 aliphatic rings. The van der Waals surface area contributed by atoms with Crippen LogP contribution in [0, 0.1) is 0 Å². The minimum absolute atomic E-state index is 0.0921. The van der Waals surface area contributed by atoms with Crippen molar-refractivity contribution in [2.75, 3.05) is 0 Å². The van der Waals surface area contributed by atoms with Crippen LogP contribution in [0.15, 0.2) is 35.5 Å². The lowest BCUT2D eigenvalue weighted by Gasteiger charge is -2.28. The standard InChI is InChI=1S/C15H17N3O2S/c16-14(18-20)15(7-3-4-8-15)17-13(19)12-9-10-5-1-2-6-11(10)21-12/h1-2,5-6,9,20H,3-4,7-8H2,(H2,16,18)(H,17,19). The molecular formula is C15H17N3O2S. The third kappa shape index (κ3) is 2.47. The van der Waals surface area contributed by atoms with E-state index in [9.17, 15) is 4.79 Å². The quantitative estimate of drug-likeness (QED) is 0.352. The van der Waals surface area contributed by atoms with Crippen LogP contribution in [0.25, 0.3) is 10.1 Å². The number of rotatable bonds is 3. The molecule has 0 atom stereocenters. The number of nitrogens with two attached hydrogens (primary N) is 1. The van der Waals surface area contributed by atoms with E-state index in [1.165, 1.54) is 11.3 Å². The zero-order valence-electron chi connectivity index (χ0n) is 11.5. The zero-order chi connectivity index (χ0) is 14.9. The van der Waals surface area contributed by atoms with Crippen molar-refractivity contribution in [3.63, 3.8) is 0 Å². The molecule has 21 heavy (non-hydrogen) atoms. The molecule has 0 aliphatic heterocycles. The summed E-state index contributed by atoms with van der Waals surface area (Å²) in [7, 11) is 0. The molecule has 1 aromatic carbocycles. The first-order valence-electron chi connectivity index (χ1n) is 6.94. The van der Waals surface area contributed by atoms with Gasteiger partial charge in [-0.2, -0.15) is 0 Å². The lowest BCUT2D eigenvalue weighted by molar-refractivity contribution is 0.0927. The fraction of sp³-hybridized carbons (Fsp3) is 0.333. The van der Waals surface area contributed by atoms with Crippen LogP contribution in [0.4, 0.5) is 0 Å². The van der Waals surface area contributed by atoms with E-state index in [2.05, 4.69) is 10.5 Å². The summed E-state index contributed by atoms with van der Waals surface area (Å²) in [5.41, 5.74) is 5.10. The largest absolute Gasteiger partial charge is 0.409 e. The van der Waals surface area contributed by atoms with Crippen molar-refractivity contribution in [1.82, 2.24) is 5.32 Å². The second kappa shape index (κ2) is 5.37. The second-order valence-electron chi connectivity index (χ2n) is 5.38. The summed E-state index contributed by atoms with van der Waals surface area (Å²) >= 11 is 1.45. The maximum absolute atomic E-state index is 12.5. The molecule has 5 nitrogen and oxygen atoms in total. The summed E-state index contributed by atoms with van der Waals surface area (Å²) in [6.07, 6.45) is 3.34. The molecule has 110 valence electrons. The number of fused-ring (bicyclic) bond motifs is 1. The molecule has 6 heteroatoms. The Kier molecular flexibility index (Phi) is 3.55. The molecule has 2 aromatic rings. The number of hydrogen-bond donors (Lipinski definition) is 3. The maximum Gasteiger partial charge on any atom is 0.262 e. The molecule has 0 radical (unpaired) electrons. The highest BCUT2D eigenvalue weighted by Gasteiger charge is 2.40. The molecule has 0 bridgehead atoms. The third-order valence-electron chi connectivity index (χ3n) is 4.06. The highest BCUT2D eigenvalue weighted by Crippen LogP contribution is 2.31. The van der Waals surface area contributed by atoms with Crippen LogP contribution < -0.4 is 11.1 Å². The number of nitrogens with one attached hydrogen (secondary N) is 1. The predicted molar refractivity (Wildman–Crippen MR) is 83.9 cm³/mol. The molecular weight excluding hydrogens is 286 g/mol. The normalized spacial score (nSPS) is 18.0. The fourth-order valence-electron chi connectivity index (χ4n) is 2.89. The van der Waals surface area contributed by atoms with Gasteiger partial charge in [0.15, 0.2) is 5.84 Å². The molecule has 1 fully saturated rings. The van der Waals surface area contributed by atoms with E-state index in [1.54, 1.807) is 0 Å². The summed E-state index contributed by atoms with van der Waals surface area (Å²) in [5.74, 6) is -0.0702. The number of carbonyl (C=O) groups excluding carboxylic acids is 1. The number of amides is 1. The van der Waals surface area contributed by atoms with Gasteiger partial charge in [0.1, 0.15) is 5.54 Å². The van der Waals surface area contributed by atoms with Crippen molar-refractivity contribution in [2.24, 2.45) is 10.9 Å². The smallest absolute Gasteiger partial charge is 0.262 e. The zero-order valence-corrected chi connectivity index (χ0v) is 12.3. The van der Waals surface area contributed by atoms with E-state index < -0.39 is 5.54 Å². The van der Waals surface area contributed by atoms with Gasteiger partial charge in [-0.05, 0) is 30.4 Å². The Hall–Kier alpha value is -2.08.